The Labute approximate surface area is 267 Å². The van der Waals surface area contributed by atoms with Crippen molar-refractivity contribution < 1.29 is 9.39 Å². The minimum Gasteiger partial charge on any atom is -0.551 e. The second kappa shape index (κ2) is 9.75. The highest BCUT2D eigenvalue weighted by molar-refractivity contribution is 6.84. The molecule has 0 fully saturated rings. The third-order valence-electron chi connectivity index (χ3n) is 9.49. The van der Waals surface area contributed by atoms with Gasteiger partial charge in [0.05, 0.1) is 11.0 Å². The number of aromatic nitrogens is 1. The van der Waals surface area contributed by atoms with Gasteiger partial charge < -0.3 is 14.0 Å². The minimum atomic E-state index is -0.225. The van der Waals surface area contributed by atoms with Crippen molar-refractivity contribution in [2.24, 2.45) is 0 Å². The Morgan fingerprint density at radius 3 is 1.85 bits per heavy atom. The van der Waals surface area contributed by atoms with Crippen LogP contribution in [0, 0.1) is 0 Å². The summed E-state index contributed by atoms with van der Waals surface area (Å²) in [5.74, 6) is 2.58. The predicted octanol–water partition coefficient (Wildman–Crippen LogP) is 9.39. The Bertz CT molecular complexity index is 2430. The average molecular weight is 587 g/mol. The van der Waals surface area contributed by atoms with Gasteiger partial charge >= 0.3 is 6.92 Å². The molecule has 8 aromatic rings. The lowest BCUT2D eigenvalue weighted by atomic mass is 9.50. The molecule has 3 heterocycles. The Hall–Kier alpha value is -6.00. The highest BCUT2D eigenvalue weighted by Crippen LogP contribution is 2.43. The first kappa shape index (κ1) is 25.3. The number of rotatable bonds is 3. The van der Waals surface area contributed by atoms with Crippen molar-refractivity contribution in [3.05, 3.63) is 158 Å². The Balaban J connectivity index is 1.14. The van der Waals surface area contributed by atoms with E-state index in [1.807, 2.05) is 12.1 Å². The van der Waals surface area contributed by atoms with Crippen molar-refractivity contribution in [2.45, 2.75) is 0 Å². The first-order chi connectivity index (χ1) is 22.8. The monoisotopic (exact) mass is 587 g/mol. The zero-order chi connectivity index (χ0) is 30.2. The molecule has 0 aliphatic carbocycles. The molecule has 0 atom stereocenters. The maximum Gasteiger partial charge on any atom is 0.434 e. The Morgan fingerprint density at radius 1 is 0.435 bits per heavy atom. The van der Waals surface area contributed by atoms with E-state index in [1.54, 1.807) is 0 Å². The van der Waals surface area contributed by atoms with Crippen LogP contribution in [0.5, 0.6) is 17.2 Å². The summed E-state index contributed by atoms with van der Waals surface area (Å²) in [6.45, 7) is -0.225. The zero-order valence-corrected chi connectivity index (χ0v) is 24.9. The van der Waals surface area contributed by atoms with Crippen LogP contribution in [0.2, 0.25) is 0 Å². The molecule has 7 aromatic carbocycles. The lowest BCUT2D eigenvalue weighted by Crippen LogP contribution is -2.53. The van der Waals surface area contributed by atoms with E-state index in [-0.39, 0.29) is 6.92 Å². The van der Waals surface area contributed by atoms with Gasteiger partial charge in [0.25, 0.3) is 0 Å². The minimum absolute atomic E-state index is 0.225. The molecular formula is C42H26BNO2. The van der Waals surface area contributed by atoms with Crippen LogP contribution in [0.25, 0.3) is 60.9 Å². The number of fused-ring (bicyclic) bond motifs is 7. The van der Waals surface area contributed by atoms with Gasteiger partial charge in [-0.15, -0.1) is 0 Å². The number of ether oxygens (including phenoxy) is 1. The van der Waals surface area contributed by atoms with Gasteiger partial charge in [-0.1, -0.05) is 103 Å². The highest BCUT2D eigenvalue weighted by Gasteiger charge is 2.41. The maximum atomic E-state index is 6.75. The van der Waals surface area contributed by atoms with Gasteiger partial charge in [0.15, 0.2) is 0 Å². The van der Waals surface area contributed by atoms with Gasteiger partial charge in [-0.2, -0.15) is 0 Å². The fourth-order valence-electron chi connectivity index (χ4n) is 7.34. The van der Waals surface area contributed by atoms with Crippen molar-refractivity contribution in [2.75, 3.05) is 0 Å². The van der Waals surface area contributed by atoms with Crippen LogP contribution in [-0.2, 0) is 0 Å². The molecule has 0 amide bonds. The van der Waals surface area contributed by atoms with Crippen molar-refractivity contribution in [1.82, 2.24) is 4.57 Å². The Morgan fingerprint density at radius 2 is 1.07 bits per heavy atom. The largest absolute Gasteiger partial charge is 0.551 e. The SMILES string of the molecule is c1ccc(-c2ccc3c(c2)-c2cc(-c4ccc(-n5c6ccccc6c6ccccc65)cc4)cc4c2B(O3)c2ccccc2O4)cc1. The topological polar surface area (TPSA) is 23.4 Å². The van der Waals surface area contributed by atoms with E-state index >= 15 is 0 Å². The van der Waals surface area contributed by atoms with E-state index in [4.69, 9.17) is 9.39 Å². The van der Waals surface area contributed by atoms with E-state index in [0.717, 1.165) is 61.7 Å². The Kier molecular flexibility index (Phi) is 5.37. The molecule has 10 rings (SSSR count). The average Bonchev–Trinajstić information content (AvgIpc) is 3.46. The second-order valence-corrected chi connectivity index (χ2v) is 12.1. The number of para-hydroxylation sites is 3. The number of hydrogen-bond acceptors (Lipinski definition) is 2. The van der Waals surface area contributed by atoms with E-state index < -0.39 is 0 Å². The zero-order valence-electron chi connectivity index (χ0n) is 24.9. The molecule has 3 nitrogen and oxygen atoms in total. The van der Waals surface area contributed by atoms with Crippen molar-refractivity contribution in [3.63, 3.8) is 0 Å². The molecule has 1 aromatic heterocycles. The van der Waals surface area contributed by atoms with Gasteiger partial charge in [-0.3, -0.25) is 0 Å². The van der Waals surface area contributed by atoms with Crippen molar-refractivity contribution in [3.8, 4) is 56.3 Å². The first-order valence-corrected chi connectivity index (χ1v) is 15.7. The standard InChI is InChI=1S/C42H26BNO2/c1-2-10-27(11-3-1)29-20-23-39-34(24-29)35-25-30(26-41-42(35)43(46-39)36-14-6-9-17-40(36)45-41)28-18-21-31(22-19-28)44-37-15-7-4-12-32(37)33-13-5-8-16-38(33)44/h1-26H. The van der Waals surface area contributed by atoms with Crippen LogP contribution < -0.4 is 20.3 Å². The van der Waals surface area contributed by atoms with Crippen LogP contribution in [-0.4, -0.2) is 11.5 Å². The van der Waals surface area contributed by atoms with Crippen LogP contribution in [0.3, 0.4) is 0 Å². The highest BCUT2D eigenvalue weighted by atomic mass is 16.5. The summed E-state index contributed by atoms with van der Waals surface area (Å²) >= 11 is 0. The van der Waals surface area contributed by atoms with Gasteiger partial charge in [0, 0.05) is 32.9 Å². The van der Waals surface area contributed by atoms with Crippen LogP contribution in [0.1, 0.15) is 0 Å². The van der Waals surface area contributed by atoms with E-state index in [0.29, 0.717) is 0 Å². The summed E-state index contributed by atoms with van der Waals surface area (Å²) in [6.07, 6.45) is 0. The van der Waals surface area contributed by atoms with Gasteiger partial charge in [0.2, 0.25) is 0 Å². The lowest BCUT2D eigenvalue weighted by Gasteiger charge is -2.33. The summed E-state index contributed by atoms with van der Waals surface area (Å²) in [5, 5.41) is 2.53. The fraction of sp³-hybridized carbons (Fsp3) is 0. The summed E-state index contributed by atoms with van der Waals surface area (Å²) in [6, 6.07) is 55.9. The molecule has 0 unspecified atom stereocenters. The summed E-state index contributed by atoms with van der Waals surface area (Å²) < 4.78 is 15.7. The lowest BCUT2D eigenvalue weighted by molar-refractivity contribution is 0.479. The van der Waals surface area contributed by atoms with Crippen molar-refractivity contribution in [1.29, 1.82) is 0 Å². The summed E-state index contributed by atoms with van der Waals surface area (Å²) in [7, 11) is 0. The van der Waals surface area contributed by atoms with Crippen LogP contribution in [0.4, 0.5) is 0 Å². The molecular weight excluding hydrogens is 561 g/mol. The molecule has 214 valence electrons. The molecule has 4 heteroatoms. The molecule has 0 N–H and O–H groups in total. The van der Waals surface area contributed by atoms with Crippen LogP contribution >= 0.6 is 0 Å². The van der Waals surface area contributed by atoms with Crippen LogP contribution in [0.15, 0.2) is 158 Å². The molecule has 0 saturated heterocycles. The molecule has 46 heavy (non-hydrogen) atoms. The molecule has 2 aliphatic rings. The molecule has 0 spiro atoms. The normalized spacial score (nSPS) is 12.7. The van der Waals surface area contributed by atoms with Gasteiger partial charge in [-0.05, 0) is 82.4 Å². The van der Waals surface area contributed by atoms with Gasteiger partial charge in [0.1, 0.15) is 17.2 Å². The van der Waals surface area contributed by atoms with E-state index in [2.05, 4.69) is 150 Å². The number of benzene rings is 7. The molecule has 0 saturated carbocycles. The maximum absolute atomic E-state index is 6.75. The smallest absolute Gasteiger partial charge is 0.434 e. The van der Waals surface area contributed by atoms with E-state index in [1.165, 1.54) is 27.4 Å². The van der Waals surface area contributed by atoms with Crippen molar-refractivity contribution >= 4 is 39.6 Å². The first-order valence-electron chi connectivity index (χ1n) is 15.7. The van der Waals surface area contributed by atoms with Gasteiger partial charge in [-0.25, -0.2) is 0 Å². The third kappa shape index (κ3) is 3.74. The van der Waals surface area contributed by atoms with E-state index in [9.17, 15) is 0 Å². The predicted molar refractivity (Wildman–Crippen MR) is 189 cm³/mol. The third-order valence-corrected chi connectivity index (χ3v) is 9.49. The molecule has 2 aliphatic heterocycles. The summed E-state index contributed by atoms with van der Waals surface area (Å²) in [5.41, 5.74) is 12.5. The summed E-state index contributed by atoms with van der Waals surface area (Å²) in [4.78, 5) is 0. The molecule has 0 bridgehead atoms. The second-order valence-electron chi connectivity index (χ2n) is 12.1. The molecule has 0 radical (unpaired) electrons. The number of nitrogens with zero attached hydrogens (tertiary/aromatic N) is 1. The quantitative estimate of drug-likeness (QED) is 0.192. The fourth-order valence-corrected chi connectivity index (χ4v) is 7.34. The number of hydrogen-bond donors (Lipinski definition) is 0.